The van der Waals surface area contributed by atoms with Crippen LogP contribution in [0.25, 0.3) is 11.0 Å². The number of carbonyl (C=O) groups excluding carboxylic acids is 2. The molecule has 11 heteroatoms. The molecule has 3 aromatic rings. The van der Waals surface area contributed by atoms with E-state index in [-0.39, 0.29) is 10.6 Å². The highest BCUT2D eigenvalue weighted by molar-refractivity contribution is 7.99. The van der Waals surface area contributed by atoms with Crippen LogP contribution in [0.2, 0.25) is 0 Å². The van der Waals surface area contributed by atoms with Crippen molar-refractivity contribution >= 4 is 50.4 Å². The molecule has 0 radical (unpaired) electrons. The van der Waals surface area contributed by atoms with E-state index in [9.17, 15) is 18.0 Å². The zero-order chi connectivity index (χ0) is 24.0. The predicted octanol–water partition coefficient (Wildman–Crippen LogP) is 3.53. The maximum atomic E-state index is 12.8. The molecule has 0 spiro atoms. The number of hydrogen-bond donors (Lipinski definition) is 2. The summed E-state index contributed by atoms with van der Waals surface area (Å²) in [6.45, 7) is 6.90. The number of thioether (sulfide) groups is 1. The average molecular weight is 490 g/mol. The van der Waals surface area contributed by atoms with Crippen LogP contribution in [0, 0.1) is 0 Å². The summed E-state index contributed by atoms with van der Waals surface area (Å²) in [5.74, 6) is -0.483. The van der Waals surface area contributed by atoms with Gasteiger partial charge in [-0.3, -0.25) is 10.1 Å². The van der Waals surface area contributed by atoms with Crippen LogP contribution in [0.1, 0.15) is 20.8 Å². The van der Waals surface area contributed by atoms with E-state index in [2.05, 4.69) is 15.6 Å². The lowest BCUT2D eigenvalue weighted by Gasteiger charge is -2.18. The van der Waals surface area contributed by atoms with E-state index in [1.807, 2.05) is 17.6 Å². The van der Waals surface area contributed by atoms with E-state index in [1.165, 1.54) is 16.1 Å². The zero-order valence-electron chi connectivity index (χ0n) is 18.7. The fourth-order valence-corrected chi connectivity index (χ4v) is 5.71. The van der Waals surface area contributed by atoms with Crippen LogP contribution in [0.4, 0.5) is 10.5 Å². The number of rotatable bonds is 9. The molecule has 2 N–H and O–H groups in total. The van der Waals surface area contributed by atoms with Gasteiger partial charge < -0.3 is 9.88 Å². The van der Waals surface area contributed by atoms with Crippen molar-refractivity contribution in [1.29, 1.82) is 0 Å². The van der Waals surface area contributed by atoms with Gasteiger partial charge in [0.05, 0.1) is 21.7 Å². The van der Waals surface area contributed by atoms with Gasteiger partial charge in [0.2, 0.25) is 15.9 Å². The summed E-state index contributed by atoms with van der Waals surface area (Å²) in [7, 11) is -3.60. The number of imidazole rings is 1. The smallest absolute Gasteiger partial charge is 0.319 e. The lowest BCUT2D eigenvalue weighted by molar-refractivity contribution is -0.117. The van der Waals surface area contributed by atoms with E-state index in [4.69, 9.17) is 0 Å². The van der Waals surface area contributed by atoms with Crippen LogP contribution in [-0.4, -0.2) is 53.1 Å². The number of carbonyl (C=O) groups is 2. The number of aromatic nitrogens is 2. The summed E-state index contributed by atoms with van der Waals surface area (Å²) in [5, 5.41) is 5.46. The Morgan fingerprint density at radius 3 is 2.39 bits per heavy atom. The fraction of sp³-hybridized carbons (Fsp3) is 0.318. The topological polar surface area (TPSA) is 113 Å². The van der Waals surface area contributed by atoms with Crippen molar-refractivity contribution in [3.8, 4) is 0 Å². The second-order valence-corrected chi connectivity index (χ2v) is 9.92. The number of para-hydroxylation sites is 1. The summed E-state index contributed by atoms with van der Waals surface area (Å²) in [5.41, 5.74) is 1.90. The highest BCUT2D eigenvalue weighted by atomic mass is 32.2. The van der Waals surface area contributed by atoms with E-state index in [1.54, 1.807) is 56.3 Å². The molecule has 0 aliphatic rings. The van der Waals surface area contributed by atoms with Crippen LogP contribution in [0.3, 0.4) is 0 Å². The van der Waals surface area contributed by atoms with Crippen LogP contribution in [0.15, 0.2) is 58.6 Å². The molecule has 0 saturated carbocycles. The number of amides is 3. The predicted molar refractivity (Wildman–Crippen MR) is 130 cm³/mol. The molecule has 3 amide bonds. The minimum absolute atomic E-state index is 0.0177. The Bertz CT molecular complexity index is 1240. The molecule has 0 unspecified atom stereocenters. The summed E-state index contributed by atoms with van der Waals surface area (Å²) < 4.78 is 29.0. The number of fused-ring (bicyclic) bond motifs is 1. The molecule has 0 saturated heterocycles. The van der Waals surface area contributed by atoms with Crippen molar-refractivity contribution in [3.63, 3.8) is 0 Å². The van der Waals surface area contributed by atoms with Crippen LogP contribution in [-0.2, 0) is 21.4 Å². The summed E-state index contributed by atoms with van der Waals surface area (Å²) in [6, 6.07) is 13.1. The summed E-state index contributed by atoms with van der Waals surface area (Å²) in [4.78, 5) is 29.0. The van der Waals surface area contributed by atoms with Gasteiger partial charge in [0.15, 0.2) is 5.16 Å². The van der Waals surface area contributed by atoms with Crippen molar-refractivity contribution in [2.75, 3.05) is 24.2 Å². The zero-order valence-corrected chi connectivity index (χ0v) is 20.4. The molecular formula is C22H27N5O4S2. The molecule has 33 heavy (non-hydrogen) atoms. The number of imide groups is 1. The first kappa shape index (κ1) is 24.7. The first-order valence-corrected chi connectivity index (χ1v) is 13.0. The van der Waals surface area contributed by atoms with Crippen LogP contribution < -0.4 is 10.6 Å². The third-order valence-electron chi connectivity index (χ3n) is 4.96. The highest BCUT2D eigenvalue weighted by Crippen LogP contribution is 2.27. The Labute approximate surface area is 197 Å². The number of nitrogens with one attached hydrogen (secondary N) is 2. The molecule has 3 rings (SSSR count). The van der Waals surface area contributed by atoms with Crippen molar-refractivity contribution in [3.05, 3.63) is 48.5 Å². The van der Waals surface area contributed by atoms with E-state index >= 15 is 0 Å². The molecule has 1 heterocycles. The minimum Gasteiger partial charge on any atom is -0.319 e. The highest BCUT2D eigenvalue weighted by Gasteiger charge is 2.23. The largest absolute Gasteiger partial charge is 0.325 e. The van der Waals surface area contributed by atoms with E-state index in [0.29, 0.717) is 36.0 Å². The van der Waals surface area contributed by atoms with E-state index in [0.717, 1.165) is 5.52 Å². The Balaban J connectivity index is 1.72. The fourth-order valence-electron chi connectivity index (χ4n) is 3.35. The second kappa shape index (κ2) is 10.8. The quantitative estimate of drug-likeness (QED) is 0.445. The lowest BCUT2D eigenvalue weighted by atomic mass is 10.3. The van der Waals surface area contributed by atoms with Crippen molar-refractivity contribution in [2.45, 2.75) is 37.4 Å². The monoisotopic (exact) mass is 489 g/mol. The number of aryl methyl sites for hydroxylation is 1. The third kappa shape index (κ3) is 5.73. The molecule has 176 valence electrons. The van der Waals surface area contributed by atoms with Crippen LogP contribution >= 0.6 is 11.8 Å². The Morgan fingerprint density at radius 1 is 1.06 bits per heavy atom. The molecule has 1 aromatic heterocycles. The third-order valence-corrected chi connectivity index (χ3v) is 7.98. The molecule has 2 aromatic carbocycles. The number of sulfonamides is 1. The number of benzene rings is 2. The Morgan fingerprint density at radius 2 is 1.76 bits per heavy atom. The van der Waals surface area contributed by atoms with Gasteiger partial charge in [-0.2, -0.15) is 4.31 Å². The van der Waals surface area contributed by atoms with Gasteiger partial charge in [0.1, 0.15) is 0 Å². The summed E-state index contributed by atoms with van der Waals surface area (Å²) in [6.07, 6.45) is 0. The van der Waals surface area contributed by atoms with Gasteiger partial charge in [0, 0.05) is 25.3 Å². The number of anilines is 1. The molecule has 0 bridgehead atoms. The van der Waals surface area contributed by atoms with Crippen molar-refractivity contribution in [2.24, 2.45) is 0 Å². The maximum Gasteiger partial charge on any atom is 0.325 e. The Hall–Kier alpha value is -2.89. The molecule has 0 aliphatic carbocycles. The molecule has 9 nitrogen and oxygen atoms in total. The van der Waals surface area contributed by atoms with Gasteiger partial charge in [-0.05, 0) is 37.3 Å². The van der Waals surface area contributed by atoms with Gasteiger partial charge in [0.25, 0.3) is 0 Å². The minimum atomic E-state index is -3.60. The number of hydrogen-bond acceptors (Lipinski definition) is 6. The normalized spacial score (nSPS) is 11.6. The van der Waals surface area contributed by atoms with Gasteiger partial charge in [-0.1, -0.05) is 43.8 Å². The number of nitrogens with zero attached hydrogens (tertiary/aromatic N) is 3. The molecule has 0 atom stereocenters. The Kier molecular flexibility index (Phi) is 8.11. The average Bonchev–Trinajstić information content (AvgIpc) is 3.15. The molecule has 0 fully saturated rings. The SMILES string of the molecule is CCN(CC)S(=O)(=O)c1ccc2c(c1)nc(SCC(=O)NC(=O)Nc1ccccc1)n2CC. The first-order chi connectivity index (χ1) is 15.8. The van der Waals surface area contributed by atoms with Crippen molar-refractivity contribution < 1.29 is 18.0 Å². The van der Waals surface area contributed by atoms with Gasteiger partial charge in [-0.25, -0.2) is 18.2 Å². The first-order valence-electron chi connectivity index (χ1n) is 10.6. The van der Waals surface area contributed by atoms with E-state index < -0.39 is 22.0 Å². The van der Waals surface area contributed by atoms with Crippen molar-refractivity contribution in [1.82, 2.24) is 19.2 Å². The molecule has 0 aliphatic heterocycles. The lowest BCUT2D eigenvalue weighted by Crippen LogP contribution is -2.35. The number of urea groups is 1. The van der Waals surface area contributed by atoms with Gasteiger partial charge >= 0.3 is 6.03 Å². The van der Waals surface area contributed by atoms with Gasteiger partial charge in [-0.15, -0.1) is 0 Å². The summed E-state index contributed by atoms with van der Waals surface area (Å²) >= 11 is 1.18. The maximum absolute atomic E-state index is 12.8. The van der Waals surface area contributed by atoms with Crippen LogP contribution in [0.5, 0.6) is 0 Å². The molecular weight excluding hydrogens is 462 g/mol. The second-order valence-electron chi connectivity index (χ2n) is 7.04. The standard InChI is InChI=1S/C22H27N5O4S2/c1-4-26(5-2)33(30,31)17-12-13-19-18(14-17)24-22(27(19)6-3)32-15-20(28)25-21(29)23-16-10-8-7-9-11-16/h7-14H,4-6,15H2,1-3H3,(H2,23,25,28,29).